The predicted molar refractivity (Wildman–Crippen MR) is 130 cm³/mol. The zero-order valence-electron chi connectivity index (χ0n) is 19.4. The number of nitrogens with zero attached hydrogens (tertiary/aromatic N) is 1. The van der Waals surface area contributed by atoms with Crippen LogP contribution in [0.25, 0.3) is 0 Å². The van der Waals surface area contributed by atoms with E-state index in [1.54, 1.807) is 24.3 Å². The molecule has 1 N–H and O–H groups in total. The largest absolute Gasteiger partial charge is 0.494 e. The van der Waals surface area contributed by atoms with Crippen LogP contribution in [0, 0.1) is 0 Å². The smallest absolute Gasteiger partial charge is 0.243 e. The highest BCUT2D eigenvalue weighted by atomic mass is 32.2. The summed E-state index contributed by atoms with van der Waals surface area (Å²) < 4.78 is 44.1. The van der Waals surface area contributed by atoms with Crippen molar-refractivity contribution in [2.24, 2.45) is 0 Å². The highest BCUT2D eigenvalue weighted by Crippen LogP contribution is 2.31. The Balaban J connectivity index is 1.86. The minimum Gasteiger partial charge on any atom is -0.494 e. The number of benzene rings is 3. The number of carbonyl (C=O) groups excluding carboxylic acids is 1. The van der Waals surface area contributed by atoms with Crippen molar-refractivity contribution >= 4 is 21.6 Å². The Morgan fingerprint density at radius 2 is 1.59 bits per heavy atom. The predicted octanol–water partition coefficient (Wildman–Crippen LogP) is 3.93. The molecule has 180 valence electrons. The Hall–Kier alpha value is -3.56. The highest BCUT2D eigenvalue weighted by Gasteiger charge is 2.28. The molecule has 0 saturated carbocycles. The third-order valence-corrected chi connectivity index (χ3v) is 6.75. The molecular formula is C25H28N2O6S. The van der Waals surface area contributed by atoms with E-state index in [9.17, 15) is 13.2 Å². The Morgan fingerprint density at radius 1 is 0.912 bits per heavy atom. The maximum absolute atomic E-state index is 13.5. The number of methoxy groups -OCH3 is 2. The molecule has 0 saturated heterocycles. The molecule has 0 atom stereocenters. The molecule has 9 heteroatoms. The van der Waals surface area contributed by atoms with Crippen molar-refractivity contribution in [2.45, 2.75) is 18.4 Å². The molecule has 0 spiro atoms. The van der Waals surface area contributed by atoms with Crippen molar-refractivity contribution in [2.75, 3.05) is 32.7 Å². The Kier molecular flexibility index (Phi) is 8.50. The lowest BCUT2D eigenvalue weighted by Gasteiger charge is -2.22. The van der Waals surface area contributed by atoms with Crippen LogP contribution in [0.3, 0.4) is 0 Å². The summed E-state index contributed by atoms with van der Waals surface area (Å²) >= 11 is 0. The summed E-state index contributed by atoms with van der Waals surface area (Å²) in [7, 11) is -1.14. The van der Waals surface area contributed by atoms with Crippen molar-refractivity contribution in [1.29, 1.82) is 0 Å². The molecule has 0 heterocycles. The van der Waals surface area contributed by atoms with Gasteiger partial charge in [-0.3, -0.25) is 4.79 Å². The molecule has 3 aromatic rings. The van der Waals surface area contributed by atoms with E-state index in [1.807, 2.05) is 37.3 Å². The molecule has 0 aromatic heterocycles. The number of hydrogen-bond acceptors (Lipinski definition) is 6. The minimum absolute atomic E-state index is 0.00468. The number of nitrogens with one attached hydrogen (secondary N) is 1. The summed E-state index contributed by atoms with van der Waals surface area (Å²) in [6.07, 6.45) is 0. The lowest BCUT2D eigenvalue weighted by molar-refractivity contribution is -0.116. The number of ether oxygens (including phenoxy) is 3. The molecule has 0 unspecified atom stereocenters. The molecule has 0 bridgehead atoms. The number of carbonyl (C=O) groups is 1. The third kappa shape index (κ3) is 6.27. The summed E-state index contributed by atoms with van der Waals surface area (Å²) in [6, 6.07) is 20.3. The number of hydrogen-bond donors (Lipinski definition) is 1. The fraction of sp³-hybridized carbons (Fsp3) is 0.240. The Morgan fingerprint density at radius 3 is 2.21 bits per heavy atom. The van der Waals surface area contributed by atoms with E-state index in [4.69, 9.17) is 14.2 Å². The second-order valence-corrected chi connectivity index (χ2v) is 9.22. The fourth-order valence-electron chi connectivity index (χ4n) is 3.30. The average molecular weight is 485 g/mol. The van der Waals surface area contributed by atoms with Crippen LogP contribution in [0.2, 0.25) is 0 Å². The van der Waals surface area contributed by atoms with E-state index in [0.717, 1.165) is 9.87 Å². The molecule has 0 aliphatic heterocycles. The van der Waals surface area contributed by atoms with Gasteiger partial charge in [0.1, 0.15) is 5.75 Å². The van der Waals surface area contributed by atoms with Crippen LogP contribution >= 0.6 is 0 Å². The van der Waals surface area contributed by atoms with E-state index in [-0.39, 0.29) is 23.7 Å². The van der Waals surface area contributed by atoms with E-state index in [2.05, 4.69) is 5.32 Å². The molecule has 0 aliphatic rings. The fourth-order valence-corrected chi connectivity index (χ4v) is 4.70. The van der Waals surface area contributed by atoms with Gasteiger partial charge in [0.2, 0.25) is 15.9 Å². The second-order valence-electron chi connectivity index (χ2n) is 7.28. The number of sulfonamides is 1. The zero-order valence-corrected chi connectivity index (χ0v) is 20.2. The highest BCUT2D eigenvalue weighted by molar-refractivity contribution is 7.89. The monoisotopic (exact) mass is 484 g/mol. The van der Waals surface area contributed by atoms with Crippen LogP contribution in [-0.4, -0.2) is 46.0 Å². The summed E-state index contributed by atoms with van der Waals surface area (Å²) in [6.45, 7) is 2.07. The van der Waals surface area contributed by atoms with Gasteiger partial charge in [0.05, 0.1) is 32.3 Å². The number of rotatable bonds is 11. The van der Waals surface area contributed by atoms with Gasteiger partial charge in [-0.25, -0.2) is 8.42 Å². The summed E-state index contributed by atoms with van der Waals surface area (Å²) in [5, 5.41) is 2.75. The van der Waals surface area contributed by atoms with Crippen LogP contribution in [0.5, 0.6) is 17.2 Å². The van der Waals surface area contributed by atoms with Crippen molar-refractivity contribution in [3.05, 3.63) is 78.4 Å². The van der Waals surface area contributed by atoms with Crippen LogP contribution < -0.4 is 19.5 Å². The quantitative estimate of drug-likeness (QED) is 0.443. The second kappa shape index (κ2) is 11.5. The first-order chi connectivity index (χ1) is 16.4. The first-order valence-electron chi connectivity index (χ1n) is 10.7. The van der Waals surface area contributed by atoms with Gasteiger partial charge in [0, 0.05) is 18.3 Å². The van der Waals surface area contributed by atoms with Gasteiger partial charge in [0.15, 0.2) is 11.5 Å². The van der Waals surface area contributed by atoms with Gasteiger partial charge in [-0.05, 0) is 48.9 Å². The van der Waals surface area contributed by atoms with Crippen molar-refractivity contribution in [3.63, 3.8) is 0 Å². The van der Waals surface area contributed by atoms with Gasteiger partial charge in [-0.2, -0.15) is 4.31 Å². The van der Waals surface area contributed by atoms with Gasteiger partial charge in [-0.15, -0.1) is 0 Å². The Labute approximate surface area is 200 Å². The van der Waals surface area contributed by atoms with Crippen LogP contribution in [-0.2, 0) is 21.4 Å². The third-order valence-electron chi connectivity index (χ3n) is 4.96. The van der Waals surface area contributed by atoms with Gasteiger partial charge < -0.3 is 19.5 Å². The van der Waals surface area contributed by atoms with Crippen molar-refractivity contribution < 1.29 is 27.4 Å². The van der Waals surface area contributed by atoms with Crippen LogP contribution in [0.15, 0.2) is 77.7 Å². The van der Waals surface area contributed by atoms with E-state index >= 15 is 0 Å². The lowest BCUT2D eigenvalue weighted by atomic mass is 10.2. The molecule has 0 radical (unpaired) electrons. The van der Waals surface area contributed by atoms with Crippen LogP contribution in [0.4, 0.5) is 5.69 Å². The van der Waals surface area contributed by atoms with E-state index < -0.39 is 15.9 Å². The van der Waals surface area contributed by atoms with Gasteiger partial charge in [0.25, 0.3) is 0 Å². The summed E-state index contributed by atoms with van der Waals surface area (Å²) in [4.78, 5) is 12.8. The normalized spacial score (nSPS) is 11.2. The molecule has 1 amide bonds. The molecular weight excluding hydrogens is 456 g/mol. The molecule has 8 nitrogen and oxygen atoms in total. The molecule has 34 heavy (non-hydrogen) atoms. The molecule has 3 rings (SSSR count). The summed E-state index contributed by atoms with van der Waals surface area (Å²) in [5.41, 5.74) is 1.29. The lowest BCUT2D eigenvalue weighted by Crippen LogP contribution is -2.37. The molecule has 0 fully saturated rings. The van der Waals surface area contributed by atoms with Crippen molar-refractivity contribution in [1.82, 2.24) is 4.31 Å². The molecule has 0 aliphatic carbocycles. The van der Waals surface area contributed by atoms with Crippen molar-refractivity contribution in [3.8, 4) is 17.2 Å². The van der Waals surface area contributed by atoms with Crippen LogP contribution in [0.1, 0.15) is 12.5 Å². The Bertz CT molecular complexity index is 1200. The maximum Gasteiger partial charge on any atom is 0.243 e. The SMILES string of the molecule is CCOc1ccc(NC(=O)CN(Cc2ccccc2)S(=O)(=O)c2ccc(OC)c(OC)c2)cc1. The minimum atomic E-state index is -4.04. The topological polar surface area (TPSA) is 94.2 Å². The van der Waals surface area contributed by atoms with Gasteiger partial charge >= 0.3 is 0 Å². The van der Waals surface area contributed by atoms with E-state index in [0.29, 0.717) is 23.8 Å². The summed E-state index contributed by atoms with van der Waals surface area (Å²) in [5.74, 6) is 0.901. The standard InChI is InChI=1S/C25H28N2O6S/c1-4-33-21-12-10-20(11-13-21)26-25(28)18-27(17-19-8-6-5-7-9-19)34(29,30)22-14-15-23(31-2)24(16-22)32-3/h5-16H,4,17-18H2,1-3H3,(H,26,28). The number of amides is 1. The van der Waals surface area contributed by atoms with E-state index in [1.165, 1.54) is 32.4 Å². The molecule has 3 aromatic carbocycles. The number of anilines is 1. The average Bonchev–Trinajstić information content (AvgIpc) is 2.85. The first-order valence-corrected chi connectivity index (χ1v) is 12.1. The first kappa shape index (κ1) is 25.1. The zero-order chi connectivity index (χ0) is 24.6. The van der Waals surface area contributed by atoms with Gasteiger partial charge in [-0.1, -0.05) is 30.3 Å². The maximum atomic E-state index is 13.5.